The van der Waals surface area contributed by atoms with E-state index in [9.17, 15) is 14.4 Å². The maximum Gasteiger partial charge on any atom is 0.338 e. The van der Waals surface area contributed by atoms with Crippen molar-refractivity contribution in [3.8, 4) is 0 Å². The van der Waals surface area contributed by atoms with Crippen LogP contribution in [0.2, 0.25) is 0 Å². The summed E-state index contributed by atoms with van der Waals surface area (Å²) >= 11 is 1.56. The number of epoxide rings is 1. The number of carbonyl (C=O) groups is 3. The molecule has 0 radical (unpaired) electrons. The summed E-state index contributed by atoms with van der Waals surface area (Å²) in [6, 6.07) is 9.20. The van der Waals surface area contributed by atoms with Gasteiger partial charge in [0.2, 0.25) is 5.91 Å². The van der Waals surface area contributed by atoms with Crippen LogP contribution < -0.4 is 10.6 Å². The van der Waals surface area contributed by atoms with Gasteiger partial charge in [0.15, 0.2) is 12.2 Å². The topological polar surface area (TPSA) is 97.0 Å². The Morgan fingerprint density at radius 2 is 1.89 bits per heavy atom. The van der Waals surface area contributed by atoms with E-state index in [-0.39, 0.29) is 12.5 Å². The summed E-state index contributed by atoms with van der Waals surface area (Å²) in [7, 11) is 0. The number of rotatable bonds is 11. The number of benzene rings is 1. The van der Waals surface area contributed by atoms with Crippen LogP contribution in [-0.2, 0) is 29.6 Å². The van der Waals surface area contributed by atoms with Gasteiger partial charge in [-0.15, -0.1) is 0 Å². The number of amides is 2. The Bertz CT molecular complexity index is 668. The molecule has 1 fully saturated rings. The van der Waals surface area contributed by atoms with E-state index in [1.807, 2.05) is 44.2 Å². The Labute approximate surface area is 169 Å². The number of hydrogen-bond donors (Lipinski definition) is 2. The van der Waals surface area contributed by atoms with Crippen molar-refractivity contribution in [1.29, 1.82) is 0 Å². The monoisotopic (exact) mass is 408 g/mol. The van der Waals surface area contributed by atoms with E-state index in [2.05, 4.69) is 10.6 Å². The van der Waals surface area contributed by atoms with Gasteiger partial charge in [0.05, 0.1) is 6.61 Å². The highest BCUT2D eigenvalue weighted by Gasteiger charge is 2.52. The second kappa shape index (κ2) is 11.1. The minimum atomic E-state index is -0.890. The van der Waals surface area contributed by atoms with Gasteiger partial charge in [-0.25, -0.2) is 4.79 Å². The maximum atomic E-state index is 12.5. The highest BCUT2D eigenvalue weighted by Crippen LogP contribution is 2.24. The lowest BCUT2D eigenvalue weighted by atomic mass is 10.2. The summed E-state index contributed by atoms with van der Waals surface area (Å²) in [4.78, 5) is 36.5. The van der Waals surface area contributed by atoms with Gasteiger partial charge in [-0.05, 0) is 18.4 Å². The second-order valence-electron chi connectivity index (χ2n) is 6.93. The molecule has 1 saturated heterocycles. The molecule has 2 N–H and O–H groups in total. The molecule has 2 rings (SSSR count). The summed E-state index contributed by atoms with van der Waals surface area (Å²) in [5, 5.41) is 5.56. The van der Waals surface area contributed by atoms with Crippen molar-refractivity contribution in [3.05, 3.63) is 35.9 Å². The van der Waals surface area contributed by atoms with Crippen molar-refractivity contribution < 1.29 is 23.9 Å². The molecule has 154 valence electrons. The van der Waals surface area contributed by atoms with Gasteiger partial charge in [0.1, 0.15) is 6.04 Å². The normalized spacial score (nSPS) is 19.0. The molecule has 28 heavy (non-hydrogen) atoms. The predicted octanol–water partition coefficient (Wildman–Crippen LogP) is 1.51. The molecule has 1 aliphatic rings. The molecule has 1 aliphatic heterocycles. The summed E-state index contributed by atoms with van der Waals surface area (Å²) in [5.41, 5.74) is 1.15. The fraction of sp³-hybridized carbons (Fsp3) is 0.550. The zero-order chi connectivity index (χ0) is 20.5. The summed E-state index contributed by atoms with van der Waals surface area (Å²) in [6.45, 7) is 6.44. The van der Waals surface area contributed by atoms with E-state index in [0.29, 0.717) is 18.2 Å². The standard InChI is InChI=1S/C20H28N2O5S/c1-4-26-20(25)17-16(27-17)19(24)22-15(18(23)21-10-13(2)3)12-28-11-14-8-6-5-7-9-14/h5-9,13,15-17H,4,10-12H2,1-3H3,(H,21,23)(H,22,24)/t15-,16-,17-/m0/s1. The van der Waals surface area contributed by atoms with Crippen molar-refractivity contribution in [2.24, 2.45) is 5.92 Å². The van der Waals surface area contributed by atoms with E-state index in [1.165, 1.54) is 0 Å². The zero-order valence-corrected chi connectivity index (χ0v) is 17.3. The molecule has 8 heteroatoms. The summed E-state index contributed by atoms with van der Waals surface area (Å²) < 4.78 is 9.97. The van der Waals surface area contributed by atoms with Crippen LogP contribution in [0.5, 0.6) is 0 Å². The van der Waals surface area contributed by atoms with Gasteiger partial charge >= 0.3 is 5.97 Å². The average Bonchev–Trinajstić information content (AvgIpc) is 3.47. The lowest BCUT2D eigenvalue weighted by Crippen LogP contribution is -2.50. The second-order valence-corrected chi connectivity index (χ2v) is 7.96. The molecule has 1 aromatic rings. The molecular weight excluding hydrogens is 380 g/mol. The van der Waals surface area contributed by atoms with Gasteiger partial charge in [0, 0.05) is 18.1 Å². The fourth-order valence-electron chi connectivity index (χ4n) is 2.45. The number of nitrogens with one attached hydrogen (secondary N) is 2. The van der Waals surface area contributed by atoms with Crippen LogP contribution in [0.3, 0.4) is 0 Å². The van der Waals surface area contributed by atoms with Crippen LogP contribution in [0.15, 0.2) is 30.3 Å². The third-order valence-electron chi connectivity index (χ3n) is 3.98. The lowest BCUT2D eigenvalue weighted by molar-refractivity contribution is -0.144. The van der Waals surface area contributed by atoms with Gasteiger partial charge < -0.3 is 20.1 Å². The van der Waals surface area contributed by atoms with E-state index in [0.717, 1.165) is 11.3 Å². The van der Waals surface area contributed by atoms with Gasteiger partial charge in [-0.1, -0.05) is 44.2 Å². The molecule has 0 unspecified atom stereocenters. The van der Waals surface area contributed by atoms with E-state index in [1.54, 1.807) is 18.7 Å². The summed E-state index contributed by atoms with van der Waals surface area (Å²) in [5.74, 6) is 0.190. The van der Waals surface area contributed by atoms with Gasteiger partial charge in [-0.2, -0.15) is 11.8 Å². The number of carbonyl (C=O) groups excluding carboxylic acids is 3. The first-order valence-corrected chi connectivity index (χ1v) is 10.6. The lowest BCUT2D eigenvalue weighted by Gasteiger charge is -2.18. The number of ether oxygens (including phenoxy) is 2. The Hall–Kier alpha value is -2.06. The average molecular weight is 409 g/mol. The van der Waals surface area contributed by atoms with E-state index in [4.69, 9.17) is 9.47 Å². The number of hydrogen-bond acceptors (Lipinski definition) is 6. The SMILES string of the molecule is CCOC(=O)[C@H]1O[C@@H]1C(=O)N[C@@H](CSCc1ccccc1)C(=O)NCC(C)C. The van der Waals surface area contributed by atoms with E-state index < -0.39 is 30.1 Å². The molecule has 0 aliphatic carbocycles. The maximum absolute atomic E-state index is 12.5. The van der Waals surface area contributed by atoms with Crippen LogP contribution in [-0.4, -0.2) is 54.9 Å². The third-order valence-corrected chi connectivity index (χ3v) is 5.09. The minimum Gasteiger partial charge on any atom is -0.464 e. The van der Waals surface area contributed by atoms with Crippen molar-refractivity contribution in [2.45, 2.75) is 44.8 Å². The molecule has 7 nitrogen and oxygen atoms in total. The Kier molecular flexibility index (Phi) is 8.79. The van der Waals surface area contributed by atoms with Gasteiger partial charge in [0.25, 0.3) is 5.91 Å². The Morgan fingerprint density at radius 1 is 1.18 bits per heavy atom. The highest BCUT2D eigenvalue weighted by atomic mass is 32.2. The molecule has 3 atom stereocenters. The van der Waals surface area contributed by atoms with Crippen LogP contribution >= 0.6 is 11.8 Å². The molecule has 1 heterocycles. The van der Waals surface area contributed by atoms with Crippen molar-refractivity contribution in [2.75, 3.05) is 18.9 Å². The Morgan fingerprint density at radius 3 is 2.54 bits per heavy atom. The first-order valence-electron chi connectivity index (χ1n) is 9.44. The predicted molar refractivity (Wildman–Crippen MR) is 108 cm³/mol. The van der Waals surface area contributed by atoms with Crippen LogP contribution in [0.4, 0.5) is 0 Å². The molecule has 1 aromatic carbocycles. The first-order chi connectivity index (χ1) is 13.4. The van der Waals surface area contributed by atoms with Crippen LogP contribution in [0.25, 0.3) is 0 Å². The van der Waals surface area contributed by atoms with Crippen LogP contribution in [0.1, 0.15) is 26.3 Å². The zero-order valence-electron chi connectivity index (χ0n) is 16.5. The number of esters is 1. The molecule has 0 aromatic heterocycles. The van der Waals surface area contributed by atoms with E-state index >= 15 is 0 Å². The fourth-order valence-corrected chi connectivity index (χ4v) is 3.47. The molecular formula is C20H28N2O5S. The molecule has 0 spiro atoms. The first kappa shape index (κ1) is 22.2. The molecule has 0 bridgehead atoms. The van der Waals surface area contributed by atoms with Crippen molar-refractivity contribution in [3.63, 3.8) is 0 Å². The quantitative estimate of drug-likeness (QED) is 0.426. The van der Waals surface area contributed by atoms with Crippen molar-refractivity contribution >= 4 is 29.5 Å². The number of thioether (sulfide) groups is 1. The highest BCUT2D eigenvalue weighted by molar-refractivity contribution is 7.98. The Balaban J connectivity index is 1.89. The third kappa shape index (κ3) is 7.16. The molecule has 0 saturated carbocycles. The smallest absolute Gasteiger partial charge is 0.338 e. The van der Waals surface area contributed by atoms with Gasteiger partial charge in [-0.3, -0.25) is 9.59 Å². The minimum absolute atomic E-state index is 0.226. The van der Waals surface area contributed by atoms with Crippen LogP contribution in [0, 0.1) is 5.92 Å². The summed E-state index contributed by atoms with van der Waals surface area (Å²) in [6.07, 6.45) is -1.77. The van der Waals surface area contributed by atoms with Crippen molar-refractivity contribution in [1.82, 2.24) is 10.6 Å². The largest absolute Gasteiger partial charge is 0.464 e. The molecule has 2 amide bonds.